The van der Waals surface area contributed by atoms with Crippen molar-refractivity contribution in [2.45, 2.75) is 11.7 Å². The average Bonchev–Trinajstić information content (AvgIpc) is 3.26. The number of benzene rings is 2. The minimum Gasteiger partial charge on any atom is -0.495 e. The third kappa shape index (κ3) is 4.24. The molecule has 4 aromatic rings. The van der Waals surface area contributed by atoms with Gasteiger partial charge in [0.1, 0.15) is 10.4 Å². The number of thioether (sulfide) groups is 1. The third-order valence-electron chi connectivity index (χ3n) is 4.44. The van der Waals surface area contributed by atoms with Crippen molar-refractivity contribution in [1.29, 1.82) is 0 Å². The lowest BCUT2D eigenvalue weighted by atomic mass is 10.2. The van der Waals surface area contributed by atoms with E-state index in [-0.39, 0.29) is 17.2 Å². The molecule has 0 bridgehead atoms. The molecule has 2 aromatic heterocycles. The first-order valence-electron chi connectivity index (χ1n) is 9.24. The van der Waals surface area contributed by atoms with E-state index in [1.165, 1.54) is 27.7 Å². The van der Waals surface area contributed by atoms with Crippen molar-refractivity contribution in [1.82, 2.24) is 14.9 Å². The lowest BCUT2D eigenvalue weighted by Gasteiger charge is -2.14. The van der Waals surface area contributed by atoms with Crippen molar-refractivity contribution in [2.75, 3.05) is 12.9 Å². The zero-order valence-electron chi connectivity index (χ0n) is 16.2. The molecule has 6 nitrogen and oxygen atoms in total. The lowest BCUT2D eigenvalue weighted by molar-refractivity contribution is -0.118. The van der Waals surface area contributed by atoms with Crippen LogP contribution in [0.3, 0.4) is 0 Å². The van der Waals surface area contributed by atoms with Crippen LogP contribution in [-0.2, 0) is 11.3 Å². The number of nitrogens with one attached hydrogen (secondary N) is 1. The Kier molecular flexibility index (Phi) is 6.15. The van der Waals surface area contributed by atoms with Crippen LogP contribution in [0.15, 0.2) is 76.0 Å². The van der Waals surface area contributed by atoms with Crippen molar-refractivity contribution >= 4 is 39.2 Å². The Morgan fingerprint density at radius 3 is 2.70 bits per heavy atom. The second kappa shape index (κ2) is 9.15. The van der Waals surface area contributed by atoms with E-state index in [4.69, 9.17) is 4.74 Å². The van der Waals surface area contributed by atoms with E-state index >= 15 is 0 Å². The molecule has 0 saturated heterocycles. The third-order valence-corrected chi connectivity index (χ3v) is 6.27. The highest BCUT2D eigenvalue weighted by Gasteiger charge is 2.18. The fourth-order valence-corrected chi connectivity index (χ4v) is 4.59. The molecular formula is C22H19N3O3S2. The fourth-order valence-electron chi connectivity index (χ4n) is 2.99. The first-order chi connectivity index (χ1) is 14.7. The normalized spacial score (nSPS) is 10.8. The summed E-state index contributed by atoms with van der Waals surface area (Å²) in [5.41, 5.74) is 2.08. The number of hydrogen-bond acceptors (Lipinski definition) is 6. The van der Waals surface area contributed by atoms with Gasteiger partial charge in [0.2, 0.25) is 5.91 Å². The van der Waals surface area contributed by atoms with Gasteiger partial charge in [-0.05, 0) is 29.1 Å². The molecule has 1 N–H and O–H groups in total. The van der Waals surface area contributed by atoms with Gasteiger partial charge >= 0.3 is 0 Å². The van der Waals surface area contributed by atoms with E-state index in [1.807, 2.05) is 53.9 Å². The molecule has 0 aliphatic rings. The standard InChI is InChI=1S/C22H19N3O3S2/c1-28-18-10-6-5-9-17(18)25-21(27)20-16(11-12-29-20)24-22(25)30-14-19(26)23-13-15-7-3-2-4-8-15/h2-12H,13-14H2,1H3,(H,23,26). The van der Waals surface area contributed by atoms with Crippen LogP contribution in [0.25, 0.3) is 15.9 Å². The van der Waals surface area contributed by atoms with Crippen LogP contribution in [-0.4, -0.2) is 28.3 Å². The summed E-state index contributed by atoms with van der Waals surface area (Å²) in [4.78, 5) is 30.2. The monoisotopic (exact) mass is 437 g/mol. The second-order valence-electron chi connectivity index (χ2n) is 6.39. The van der Waals surface area contributed by atoms with Crippen LogP contribution >= 0.6 is 23.1 Å². The van der Waals surface area contributed by atoms with E-state index in [9.17, 15) is 9.59 Å². The van der Waals surface area contributed by atoms with E-state index in [0.717, 1.165) is 5.56 Å². The van der Waals surface area contributed by atoms with Gasteiger partial charge in [-0.25, -0.2) is 4.98 Å². The molecule has 2 heterocycles. The van der Waals surface area contributed by atoms with Crippen LogP contribution in [0.1, 0.15) is 5.56 Å². The Balaban J connectivity index is 1.61. The molecular weight excluding hydrogens is 418 g/mol. The molecule has 1 amide bonds. The lowest BCUT2D eigenvalue weighted by Crippen LogP contribution is -2.26. The molecule has 0 unspecified atom stereocenters. The Bertz CT molecular complexity index is 1240. The topological polar surface area (TPSA) is 73.2 Å². The highest BCUT2D eigenvalue weighted by atomic mass is 32.2. The zero-order valence-corrected chi connectivity index (χ0v) is 17.8. The summed E-state index contributed by atoms with van der Waals surface area (Å²) in [5, 5.41) is 5.19. The highest BCUT2D eigenvalue weighted by Crippen LogP contribution is 2.28. The summed E-state index contributed by atoms with van der Waals surface area (Å²) in [5.74, 6) is 0.576. The van der Waals surface area contributed by atoms with Crippen molar-refractivity contribution < 1.29 is 9.53 Å². The number of thiophene rings is 1. The van der Waals surface area contributed by atoms with Gasteiger partial charge < -0.3 is 10.1 Å². The molecule has 8 heteroatoms. The first kappa shape index (κ1) is 20.2. The number of aromatic nitrogens is 2. The predicted molar refractivity (Wildman–Crippen MR) is 121 cm³/mol. The minimum absolute atomic E-state index is 0.130. The van der Waals surface area contributed by atoms with E-state index in [1.54, 1.807) is 19.2 Å². The maximum atomic E-state index is 13.2. The quantitative estimate of drug-likeness (QED) is 0.351. The Morgan fingerprint density at radius 1 is 1.13 bits per heavy atom. The molecule has 4 rings (SSSR count). The van der Waals surface area contributed by atoms with Gasteiger partial charge in [-0.3, -0.25) is 14.2 Å². The van der Waals surface area contributed by atoms with Crippen LogP contribution in [0.5, 0.6) is 5.75 Å². The minimum atomic E-state index is -0.174. The second-order valence-corrected chi connectivity index (χ2v) is 8.25. The maximum Gasteiger partial charge on any atom is 0.276 e. The largest absolute Gasteiger partial charge is 0.495 e. The number of methoxy groups -OCH3 is 1. The van der Waals surface area contributed by atoms with E-state index in [2.05, 4.69) is 10.3 Å². The van der Waals surface area contributed by atoms with Gasteiger partial charge in [0.15, 0.2) is 5.16 Å². The molecule has 0 atom stereocenters. The smallest absolute Gasteiger partial charge is 0.276 e. The molecule has 0 aliphatic carbocycles. The Labute approximate surface area is 181 Å². The number of rotatable bonds is 7. The molecule has 0 aliphatic heterocycles. The number of fused-ring (bicyclic) bond motifs is 1. The number of ether oxygens (including phenoxy) is 1. The molecule has 152 valence electrons. The summed E-state index contributed by atoms with van der Waals surface area (Å²) >= 11 is 2.58. The number of para-hydroxylation sites is 2. The first-order valence-corrected chi connectivity index (χ1v) is 11.1. The summed E-state index contributed by atoms with van der Waals surface area (Å²) in [6, 6.07) is 18.8. The number of hydrogen-bond donors (Lipinski definition) is 1. The van der Waals surface area contributed by atoms with E-state index < -0.39 is 0 Å². The van der Waals surface area contributed by atoms with Crippen LogP contribution in [0.2, 0.25) is 0 Å². The molecule has 2 aromatic carbocycles. The summed E-state index contributed by atoms with van der Waals surface area (Å²) in [7, 11) is 1.56. The highest BCUT2D eigenvalue weighted by molar-refractivity contribution is 7.99. The number of carbonyl (C=O) groups excluding carboxylic acids is 1. The SMILES string of the molecule is COc1ccccc1-n1c(SCC(=O)NCc2ccccc2)nc2ccsc2c1=O. The number of carbonyl (C=O) groups is 1. The van der Waals surface area contributed by atoms with Gasteiger partial charge in [-0.2, -0.15) is 0 Å². The van der Waals surface area contributed by atoms with Crippen molar-refractivity contribution in [3.63, 3.8) is 0 Å². The molecule has 0 saturated carbocycles. The van der Waals surface area contributed by atoms with Crippen LogP contribution < -0.4 is 15.6 Å². The van der Waals surface area contributed by atoms with Crippen molar-refractivity contribution in [3.05, 3.63) is 82.0 Å². The maximum absolute atomic E-state index is 13.2. The van der Waals surface area contributed by atoms with Gasteiger partial charge in [0, 0.05) is 6.54 Å². The van der Waals surface area contributed by atoms with Crippen molar-refractivity contribution in [2.24, 2.45) is 0 Å². The van der Waals surface area contributed by atoms with Gasteiger partial charge in [0.25, 0.3) is 5.56 Å². The number of amides is 1. The molecule has 0 fully saturated rings. The number of nitrogens with zero attached hydrogens (tertiary/aromatic N) is 2. The van der Waals surface area contributed by atoms with Crippen LogP contribution in [0, 0.1) is 0 Å². The summed E-state index contributed by atoms with van der Waals surface area (Å²) in [6.45, 7) is 0.455. The predicted octanol–water partition coefficient (Wildman–Crippen LogP) is 3.86. The Hall–Kier alpha value is -3.10. The average molecular weight is 438 g/mol. The summed E-state index contributed by atoms with van der Waals surface area (Å²) in [6.07, 6.45) is 0. The van der Waals surface area contributed by atoms with Gasteiger partial charge in [0.05, 0.1) is 24.1 Å². The molecule has 0 spiro atoms. The Morgan fingerprint density at radius 2 is 1.90 bits per heavy atom. The molecule has 30 heavy (non-hydrogen) atoms. The van der Waals surface area contributed by atoms with Gasteiger partial charge in [-0.1, -0.05) is 54.2 Å². The zero-order chi connectivity index (χ0) is 20.9. The van der Waals surface area contributed by atoms with Crippen molar-refractivity contribution in [3.8, 4) is 11.4 Å². The van der Waals surface area contributed by atoms with E-state index in [0.29, 0.717) is 33.4 Å². The fraction of sp³-hybridized carbons (Fsp3) is 0.136. The summed E-state index contributed by atoms with van der Waals surface area (Å²) < 4.78 is 7.53. The van der Waals surface area contributed by atoms with Gasteiger partial charge in [-0.15, -0.1) is 11.3 Å². The molecule has 0 radical (unpaired) electrons. The van der Waals surface area contributed by atoms with Crippen LogP contribution in [0.4, 0.5) is 0 Å².